The molecule has 0 saturated heterocycles. The lowest BCUT2D eigenvalue weighted by Gasteiger charge is -2.02. The number of carbonyl (C=O) groups excluding carboxylic acids is 2. The first-order chi connectivity index (χ1) is 10.7. The van der Waals surface area contributed by atoms with Crippen LogP contribution in [0.15, 0.2) is 53.6 Å². The van der Waals surface area contributed by atoms with Crippen molar-refractivity contribution in [1.82, 2.24) is 15.2 Å². The average Bonchev–Trinajstić information content (AvgIpc) is 3.20. The van der Waals surface area contributed by atoms with E-state index in [4.69, 9.17) is 4.42 Å². The van der Waals surface area contributed by atoms with Gasteiger partial charge in [0.25, 0.3) is 5.78 Å². The fourth-order valence-electron chi connectivity index (χ4n) is 2.17. The molecular weight excluding hydrogens is 282 g/mol. The normalized spacial score (nSPS) is 10.5. The quantitative estimate of drug-likeness (QED) is 0.555. The second-order valence-electron chi connectivity index (χ2n) is 4.84. The molecule has 22 heavy (non-hydrogen) atoms. The number of rotatable bonds is 6. The van der Waals surface area contributed by atoms with Gasteiger partial charge in [-0.2, -0.15) is 0 Å². The van der Waals surface area contributed by atoms with Gasteiger partial charge in [-0.3, -0.25) is 14.7 Å². The van der Waals surface area contributed by atoms with Crippen LogP contribution in [-0.2, 0) is 17.6 Å². The maximum absolute atomic E-state index is 12.0. The number of furan rings is 1. The topological polar surface area (TPSA) is 88.9 Å². The maximum Gasteiger partial charge on any atom is 0.267 e. The lowest BCUT2D eigenvalue weighted by Crippen LogP contribution is -2.18. The van der Waals surface area contributed by atoms with Crippen molar-refractivity contribution in [2.75, 3.05) is 0 Å². The number of aromatic nitrogens is 3. The number of carbonyl (C=O) groups is 2. The minimum atomic E-state index is -0.701. The molecule has 2 heterocycles. The Labute approximate surface area is 126 Å². The van der Waals surface area contributed by atoms with E-state index >= 15 is 0 Å². The first kappa shape index (κ1) is 13.9. The zero-order valence-electron chi connectivity index (χ0n) is 11.7. The Hall–Kier alpha value is -3.02. The van der Waals surface area contributed by atoms with E-state index in [1.54, 1.807) is 6.26 Å². The number of H-pyrrole nitrogens is 1. The Morgan fingerprint density at radius 2 is 1.86 bits per heavy atom. The molecule has 0 aliphatic heterocycles. The molecule has 0 aliphatic carbocycles. The van der Waals surface area contributed by atoms with Crippen molar-refractivity contribution >= 4 is 11.6 Å². The third-order valence-electron chi connectivity index (χ3n) is 3.29. The highest BCUT2D eigenvalue weighted by atomic mass is 16.3. The van der Waals surface area contributed by atoms with E-state index in [1.165, 1.54) is 12.6 Å². The molecule has 0 amide bonds. The maximum atomic E-state index is 12.0. The molecule has 0 fully saturated rings. The number of Topliss-reactive ketones (excluding diaryl/α,β-unsaturated/α-hetero) is 2. The molecular formula is C16H13N3O3. The van der Waals surface area contributed by atoms with Crippen LogP contribution in [0.4, 0.5) is 0 Å². The molecule has 3 rings (SSSR count). The Balaban J connectivity index is 1.72. The van der Waals surface area contributed by atoms with Gasteiger partial charge in [0.1, 0.15) is 6.33 Å². The minimum Gasteiger partial charge on any atom is -0.472 e. The molecule has 1 N–H and O–H groups in total. The first-order valence-electron chi connectivity index (χ1n) is 6.75. The van der Waals surface area contributed by atoms with E-state index in [0.717, 1.165) is 11.1 Å². The van der Waals surface area contributed by atoms with E-state index < -0.39 is 11.6 Å². The molecule has 2 aromatic heterocycles. The predicted octanol–water partition coefficient (Wildman–Crippen LogP) is 1.98. The summed E-state index contributed by atoms with van der Waals surface area (Å²) in [6.45, 7) is 0. The van der Waals surface area contributed by atoms with Crippen LogP contribution < -0.4 is 0 Å². The van der Waals surface area contributed by atoms with E-state index in [9.17, 15) is 9.59 Å². The SMILES string of the molecule is O=C(Cc1cocc1Cc1ccccc1)C(=O)c1nc[nH]n1. The van der Waals surface area contributed by atoms with Crippen molar-refractivity contribution < 1.29 is 14.0 Å². The summed E-state index contributed by atoms with van der Waals surface area (Å²) in [6, 6.07) is 9.84. The van der Waals surface area contributed by atoms with Crippen molar-refractivity contribution in [2.45, 2.75) is 12.8 Å². The number of hydrogen-bond acceptors (Lipinski definition) is 5. The van der Waals surface area contributed by atoms with Gasteiger partial charge in [0, 0.05) is 18.4 Å². The van der Waals surface area contributed by atoms with Crippen LogP contribution in [0.25, 0.3) is 0 Å². The van der Waals surface area contributed by atoms with Gasteiger partial charge in [-0.25, -0.2) is 4.98 Å². The van der Waals surface area contributed by atoms with Crippen LogP contribution in [0.2, 0.25) is 0 Å². The van der Waals surface area contributed by atoms with Crippen LogP contribution in [0.1, 0.15) is 27.3 Å². The predicted molar refractivity (Wildman–Crippen MR) is 77.4 cm³/mol. The lowest BCUT2D eigenvalue weighted by molar-refractivity contribution is -0.114. The van der Waals surface area contributed by atoms with Crippen LogP contribution >= 0.6 is 0 Å². The first-order valence-corrected chi connectivity index (χ1v) is 6.75. The van der Waals surface area contributed by atoms with Crippen molar-refractivity contribution in [3.05, 3.63) is 71.7 Å². The Morgan fingerprint density at radius 3 is 2.59 bits per heavy atom. The summed E-state index contributed by atoms with van der Waals surface area (Å²) in [5.74, 6) is -1.37. The fraction of sp³-hybridized carbons (Fsp3) is 0.125. The Kier molecular flexibility index (Phi) is 3.91. The standard InChI is InChI=1S/C16H13N3O3/c20-14(15(21)16-17-10-18-19-16)7-13-9-22-8-12(13)6-11-4-2-1-3-5-11/h1-5,8-10H,6-7H2,(H,17,18,19). The van der Waals surface area contributed by atoms with Crippen molar-refractivity contribution in [3.63, 3.8) is 0 Å². The van der Waals surface area contributed by atoms with Gasteiger partial charge in [-0.1, -0.05) is 30.3 Å². The zero-order chi connectivity index (χ0) is 15.4. The molecule has 0 atom stereocenters. The largest absolute Gasteiger partial charge is 0.472 e. The number of ketones is 2. The van der Waals surface area contributed by atoms with Crippen LogP contribution in [0.5, 0.6) is 0 Å². The highest BCUT2D eigenvalue weighted by Gasteiger charge is 2.21. The molecule has 0 spiro atoms. The lowest BCUT2D eigenvalue weighted by atomic mass is 10.00. The van der Waals surface area contributed by atoms with E-state index in [-0.39, 0.29) is 12.2 Å². The summed E-state index contributed by atoms with van der Waals surface area (Å²) in [6.07, 6.45) is 4.99. The van der Waals surface area contributed by atoms with Gasteiger partial charge in [0.05, 0.1) is 12.5 Å². The highest BCUT2D eigenvalue weighted by molar-refractivity contribution is 6.43. The van der Waals surface area contributed by atoms with Crippen molar-refractivity contribution in [2.24, 2.45) is 0 Å². The van der Waals surface area contributed by atoms with Gasteiger partial charge in [-0.05, 0) is 11.1 Å². The van der Waals surface area contributed by atoms with Gasteiger partial charge in [0.2, 0.25) is 11.6 Å². The molecule has 0 saturated carbocycles. The van der Waals surface area contributed by atoms with E-state index in [2.05, 4.69) is 15.2 Å². The molecule has 110 valence electrons. The van der Waals surface area contributed by atoms with E-state index in [1.807, 2.05) is 30.3 Å². The number of nitrogens with one attached hydrogen (secondary N) is 1. The summed E-state index contributed by atoms with van der Waals surface area (Å²) in [5, 5.41) is 6.04. The minimum absolute atomic E-state index is 0.0218. The van der Waals surface area contributed by atoms with Crippen LogP contribution in [0.3, 0.4) is 0 Å². The molecule has 0 aliphatic rings. The molecule has 1 aromatic carbocycles. The Bertz CT molecular complexity index is 776. The summed E-state index contributed by atoms with van der Waals surface area (Å²) in [5.41, 5.74) is 2.71. The number of aromatic amines is 1. The third-order valence-corrected chi connectivity index (χ3v) is 3.29. The zero-order valence-corrected chi connectivity index (χ0v) is 11.7. The van der Waals surface area contributed by atoms with Gasteiger partial charge >= 0.3 is 0 Å². The van der Waals surface area contributed by atoms with Crippen LogP contribution in [0, 0.1) is 0 Å². The fourth-order valence-corrected chi connectivity index (χ4v) is 2.17. The summed E-state index contributed by atoms with van der Waals surface area (Å²) >= 11 is 0. The molecule has 3 aromatic rings. The average molecular weight is 295 g/mol. The molecule has 0 radical (unpaired) electrons. The number of benzene rings is 1. The number of nitrogens with zero attached hydrogens (tertiary/aromatic N) is 2. The summed E-state index contributed by atoms with van der Waals surface area (Å²) < 4.78 is 5.19. The van der Waals surface area contributed by atoms with Crippen LogP contribution in [-0.4, -0.2) is 26.7 Å². The second-order valence-corrected chi connectivity index (χ2v) is 4.84. The molecule has 6 heteroatoms. The Morgan fingerprint density at radius 1 is 1.09 bits per heavy atom. The number of hydrogen-bond donors (Lipinski definition) is 1. The smallest absolute Gasteiger partial charge is 0.267 e. The van der Waals surface area contributed by atoms with Gasteiger partial charge in [0.15, 0.2) is 0 Å². The highest BCUT2D eigenvalue weighted by Crippen LogP contribution is 2.17. The molecule has 0 unspecified atom stereocenters. The van der Waals surface area contributed by atoms with Gasteiger partial charge in [-0.15, -0.1) is 5.10 Å². The third kappa shape index (κ3) is 3.01. The molecule has 0 bridgehead atoms. The summed E-state index contributed by atoms with van der Waals surface area (Å²) in [7, 11) is 0. The van der Waals surface area contributed by atoms with E-state index in [0.29, 0.717) is 12.0 Å². The van der Waals surface area contributed by atoms with Crippen molar-refractivity contribution in [1.29, 1.82) is 0 Å². The van der Waals surface area contributed by atoms with Gasteiger partial charge < -0.3 is 4.42 Å². The monoisotopic (exact) mass is 295 g/mol. The van der Waals surface area contributed by atoms with Crippen molar-refractivity contribution in [3.8, 4) is 0 Å². The molecule has 6 nitrogen and oxygen atoms in total. The second kappa shape index (κ2) is 6.17. The summed E-state index contributed by atoms with van der Waals surface area (Å²) in [4.78, 5) is 27.6.